The van der Waals surface area contributed by atoms with Gasteiger partial charge in [0.15, 0.2) is 0 Å². The van der Waals surface area contributed by atoms with Gasteiger partial charge in [0.1, 0.15) is 5.03 Å². The normalized spacial score (nSPS) is 10.8. The predicted molar refractivity (Wildman–Crippen MR) is 77.7 cm³/mol. The molecular formula is C13H16N4O3S. The third kappa shape index (κ3) is 4.02. The molecule has 0 radical (unpaired) electrons. The summed E-state index contributed by atoms with van der Waals surface area (Å²) in [4.78, 5) is 19.5. The average Bonchev–Trinajstić information content (AvgIpc) is 2.79. The molecule has 0 aromatic carbocycles. The Morgan fingerprint density at radius 3 is 2.57 bits per heavy atom. The fourth-order valence-electron chi connectivity index (χ4n) is 1.81. The maximum absolute atomic E-state index is 10.8. The summed E-state index contributed by atoms with van der Waals surface area (Å²) in [5.41, 5.74) is 2.36. The van der Waals surface area contributed by atoms with E-state index < -0.39 is 5.97 Å². The van der Waals surface area contributed by atoms with Crippen LogP contribution in [-0.4, -0.2) is 43.7 Å². The van der Waals surface area contributed by atoms with Crippen LogP contribution < -0.4 is 0 Å². The summed E-state index contributed by atoms with van der Waals surface area (Å²) in [5.74, 6) is -0.506. The van der Waals surface area contributed by atoms with Gasteiger partial charge in [0, 0.05) is 18.5 Å². The van der Waals surface area contributed by atoms with Crippen LogP contribution in [0.25, 0.3) is 5.95 Å². The number of hydrogen-bond acceptors (Lipinski definition) is 6. The maximum Gasteiger partial charge on any atom is 0.313 e. The van der Waals surface area contributed by atoms with Crippen molar-refractivity contribution in [1.29, 1.82) is 0 Å². The number of methoxy groups -OCH3 is 1. The number of thioether (sulfide) groups is 1. The number of carboxylic acid groups (broad SMARTS) is 1. The van der Waals surface area contributed by atoms with Crippen LogP contribution in [-0.2, 0) is 16.1 Å². The van der Waals surface area contributed by atoms with Crippen molar-refractivity contribution in [3.8, 4) is 5.95 Å². The number of carbonyl (C=O) groups is 1. The molecule has 0 unspecified atom stereocenters. The minimum absolute atomic E-state index is 0.0527. The minimum Gasteiger partial charge on any atom is -0.481 e. The van der Waals surface area contributed by atoms with Crippen molar-refractivity contribution < 1.29 is 14.6 Å². The van der Waals surface area contributed by atoms with E-state index in [1.54, 1.807) is 17.9 Å². The predicted octanol–water partition coefficient (Wildman–Crippen LogP) is 1.60. The highest BCUT2D eigenvalue weighted by Gasteiger charge is 2.14. The fraction of sp³-hybridized carbons (Fsp3) is 0.385. The van der Waals surface area contributed by atoms with Gasteiger partial charge in [-0.3, -0.25) is 4.79 Å². The first kappa shape index (κ1) is 15.5. The van der Waals surface area contributed by atoms with Gasteiger partial charge >= 0.3 is 5.97 Å². The van der Waals surface area contributed by atoms with Gasteiger partial charge in [0.2, 0.25) is 0 Å². The van der Waals surface area contributed by atoms with Gasteiger partial charge in [-0.15, -0.1) is 0 Å². The largest absolute Gasteiger partial charge is 0.481 e. The first-order valence-corrected chi connectivity index (χ1v) is 7.23. The van der Waals surface area contributed by atoms with Crippen molar-refractivity contribution in [2.75, 3.05) is 12.9 Å². The average molecular weight is 308 g/mol. The second-order valence-corrected chi connectivity index (χ2v) is 5.45. The van der Waals surface area contributed by atoms with E-state index in [4.69, 9.17) is 9.84 Å². The molecule has 2 rings (SSSR count). The van der Waals surface area contributed by atoms with E-state index in [-0.39, 0.29) is 5.75 Å². The minimum atomic E-state index is -0.887. The summed E-state index contributed by atoms with van der Waals surface area (Å²) in [6.45, 7) is 4.10. The Balaban J connectivity index is 2.41. The van der Waals surface area contributed by atoms with E-state index in [9.17, 15) is 4.79 Å². The number of rotatable bonds is 6. The number of nitrogens with zero attached hydrogens (tertiary/aromatic N) is 4. The van der Waals surface area contributed by atoms with Crippen molar-refractivity contribution >= 4 is 17.7 Å². The molecule has 7 nitrogen and oxygen atoms in total. The Morgan fingerprint density at radius 2 is 2.00 bits per heavy atom. The van der Waals surface area contributed by atoms with Crippen molar-refractivity contribution in [1.82, 2.24) is 19.7 Å². The van der Waals surface area contributed by atoms with E-state index in [1.165, 1.54) is 11.8 Å². The Hall–Kier alpha value is -1.93. The Kier molecular flexibility index (Phi) is 4.92. The smallest absolute Gasteiger partial charge is 0.313 e. The molecule has 2 aromatic rings. The lowest BCUT2D eigenvalue weighted by atomic mass is 10.4. The second-order valence-electron chi connectivity index (χ2n) is 4.45. The Labute approximate surface area is 126 Å². The van der Waals surface area contributed by atoms with Crippen molar-refractivity contribution in [2.24, 2.45) is 0 Å². The van der Waals surface area contributed by atoms with Gasteiger partial charge in [-0.05, 0) is 26.0 Å². The lowest BCUT2D eigenvalue weighted by molar-refractivity contribution is -0.133. The molecule has 0 fully saturated rings. The molecule has 2 aromatic heterocycles. The van der Waals surface area contributed by atoms with E-state index in [2.05, 4.69) is 15.1 Å². The summed E-state index contributed by atoms with van der Waals surface area (Å²) >= 11 is 1.17. The molecule has 0 saturated carbocycles. The Bertz CT molecular complexity index is 637. The number of aryl methyl sites for hydroxylation is 2. The van der Waals surface area contributed by atoms with E-state index in [0.717, 1.165) is 11.4 Å². The molecular weight excluding hydrogens is 292 g/mol. The third-order valence-corrected chi connectivity index (χ3v) is 3.50. The lowest BCUT2D eigenvalue weighted by Crippen LogP contribution is -2.08. The topological polar surface area (TPSA) is 90.1 Å². The summed E-state index contributed by atoms with van der Waals surface area (Å²) in [6.07, 6.45) is 0. The van der Waals surface area contributed by atoms with Gasteiger partial charge in [0.05, 0.1) is 18.1 Å². The highest BCUT2D eigenvalue weighted by atomic mass is 32.2. The quantitative estimate of drug-likeness (QED) is 0.811. The van der Waals surface area contributed by atoms with Crippen LogP contribution in [0.3, 0.4) is 0 Å². The summed E-state index contributed by atoms with van der Waals surface area (Å²) in [7, 11) is 1.58. The molecule has 112 valence electrons. The second kappa shape index (κ2) is 6.68. The molecule has 0 aliphatic rings. The number of aliphatic carboxylic acids is 1. The fourth-order valence-corrected chi connectivity index (χ4v) is 2.55. The van der Waals surface area contributed by atoms with Crippen LogP contribution in [0.5, 0.6) is 0 Å². The standard InChI is InChI=1S/C13H16N4O3S/c1-8-4-9(2)15-13(14-8)17-11(21-7-12(18)19)5-10(16-17)6-20-3/h4-5H,6-7H2,1-3H3,(H,18,19). The van der Waals surface area contributed by atoms with Crippen LogP contribution in [0, 0.1) is 13.8 Å². The molecule has 1 N–H and O–H groups in total. The van der Waals surface area contributed by atoms with Gasteiger partial charge < -0.3 is 9.84 Å². The zero-order valence-corrected chi connectivity index (χ0v) is 12.8. The van der Waals surface area contributed by atoms with Gasteiger partial charge in [-0.2, -0.15) is 9.78 Å². The number of aromatic nitrogens is 4. The van der Waals surface area contributed by atoms with Crippen LogP contribution in [0.2, 0.25) is 0 Å². The highest BCUT2D eigenvalue weighted by Crippen LogP contribution is 2.22. The molecule has 0 spiro atoms. The summed E-state index contributed by atoms with van der Waals surface area (Å²) < 4.78 is 6.62. The number of hydrogen-bond donors (Lipinski definition) is 1. The third-order valence-electron chi connectivity index (χ3n) is 2.52. The molecule has 2 heterocycles. The van der Waals surface area contributed by atoms with E-state index in [0.29, 0.717) is 23.3 Å². The zero-order chi connectivity index (χ0) is 15.4. The molecule has 8 heteroatoms. The Morgan fingerprint density at radius 1 is 1.33 bits per heavy atom. The molecule has 0 atom stereocenters. The molecule has 0 bridgehead atoms. The van der Waals surface area contributed by atoms with Crippen LogP contribution >= 0.6 is 11.8 Å². The van der Waals surface area contributed by atoms with E-state index in [1.807, 2.05) is 19.9 Å². The number of ether oxygens (including phenoxy) is 1. The lowest BCUT2D eigenvalue weighted by Gasteiger charge is -2.06. The molecule has 0 aliphatic heterocycles. The maximum atomic E-state index is 10.8. The SMILES string of the molecule is COCc1cc(SCC(=O)O)n(-c2nc(C)cc(C)n2)n1. The number of carboxylic acids is 1. The molecule has 0 saturated heterocycles. The molecule has 0 amide bonds. The summed E-state index contributed by atoms with van der Waals surface area (Å²) in [6, 6.07) is 3.66. The van der Waals surface area contributed by atoms with Gasteiger partial charge in [-0.25, -0.2) is 9.97 Å². The van der Waals surface area contributed by atoms with Crippen LogP contribution in [0.15, 0.2) is 17.2 Å². The molecule has 0 aliphatic carbocycles. The van der Waals surface area contributed by atoms with Crippen molar-refractivity contribution in [3.63, 3.8) is 0 Å². The zero-order valence-electron chi connectivity index (χ0n) is 12.0. The van der Waals surface area contributed by atoms with Crippen molar-refractivity contribution in [2.45, 2.75) is 25.5 Å². The molecule has 21 heavy (non-hydrogen) atoms. The van der Waals surface area contributed by atoms with E-state index >= 15 is 0 Å². The van der Waals surface area contributed by atoms with Crippen molar-refractivity contribution in [3.05, 3.63) is 29.2 Å². The van der Waals surface area contributed by atoms with Gasteiger partial charge in [-0.1, -0.05) is 11.8 Å². The monoisotopic (exact) mass is 308 g/mol. The summed E-state index contributed by atoms with van der Waals surface area (Å²) in [5, 5.41) is 13.9. The first-order chi connectivity index (χ1) is 9.99. The van der Waals surface area contributed by atoms with Gasteiger partial charge in [0.25, 0.3) is 5.95 Å². The highest BCUT2D eigenvalue weighted by molar-refractivity contribution is 7.99. The van der Waals surface area contributed by atoms with Crippen LogP contribution in [0.1, 0.15) is 17.1 Å². The van der Waals surface area contributed by atoms with Crippen LogP contribution in [0.4, 0.5) is 0 Å². The first-order valence-electron chi connectivity index (χ1n) is 6.24.